The van der Waals surface area contributed by atoms with Gasteiger partial charge in [-0.25, -0.2) is 13.6 Å². The van der Waals surface area contributed by atoms with E-state index in [0.717, 1.165) is 25.7 Å². The Morgan fingerprint density at radius 3 is 2.24 bits per heavy atom. The quantitative estimate of drug-likeness (QED) is 0.417. The lowest BCUT2D eigenvalue weighted by Gasteiger charge is -2.35. The fourth-order valence-corrected chi connectivity index (χ4v) is 4.73. The van der Waals surface area contributed by atoms with Crippen LogP contribution in [-0.4, -0.2) is 66.2 Å². The molecular formula is C26H30Cl2F2N2O5. The predicted octanol–water partition coefficient (Wildman–Crippen LogP) is 5.20. The molecule has 2 aromatic carbocycles. The molecule has 11 heteroatoms. The summed E-state index contributed by atoms with van der Waals surface area (Å²) in [6.45, 7) is 2.48. The summed E-state index contributed by atoms with van der Waals surface area (Å²) in [5.41, 5.74) is -1.16. The van der Waals surface area contributed by atoms with E-state index in [9.17, 15) is 18.7 Å². The smallest absolute Gasteiger partial charge is 0.410 e. The second-order valence-electron chi connectivity index (χ2n) is 9.79. The van der Waals surface area contributed by atoms with E-state index in [1.807, 2.05) is 0 Å². The summed E-state index contributed by atoms with van der Waals surface area (Å²) in [5.74, 6) is -0.527. The first-order valence-corrected chi connectivity index (χ1v) is 12.9. The van der Waals surface area contributed by atoms with E-state index in [-0.39, 0.29) is 41.4 Å². The number of halogens is 4. The number of nitrogens with one attached hydrogen (secondary N) is 1. The molecule has 0 bridgehead atoms. The van der Waals surface area contributed by atoms with Crippen molar-refractivity contribution in [1.29, 1.82) is 0 Å². The highest BCUT2D eigenvalue weighted by Crippen LogP contribution is 2.28. The minimum Gasteiger partial charge on any atom is -0.490 e. The molecule has 4 rings (SSSR count). The van der Waals surface area contributed by atoms with Gasteiger partial charge in [-0.05, 0) is 56.9 Å². The average Bonchev–Trinajstić information content (AvgIpc) is 3.25. The third-order valence-electron chi connectivity index (χ3n) is 6.58. The van der Waals surface area contributed by atoms with Gasteiger partial charge in [-0.15, -0.1) is 0 Å². The lowest BCUT2D eigenvalue weighted by atomic mass is 9.90. The summed E-state index contributed by atoms with van der Waals surface area (Å²) in [5, 5.41) is 14.1. The summed E-state index contributed by atoms with van der Waals surface area (Å²) in [7, 11) is 0. The molecule has 1 saturated heterocycles. The maximum absolute atomic E-state index is 13.6. The van der Waals surface area contributed by atoms with E-state index in [1.165, 1.54) is 24.3 Å². The topological polar surface area (TPSA) is 80.3 Å². The number of amides is 1. The highest BCUT2D eigenvalue weighted by atomic mass is 35.5. The van der Waals surface area contributed by atoms with Crippen LogP contribution >= 0.6 is 23.2 Å². The summed E-state index contributed by atoms with van der Waals surface area (Å²) < 4.78 is 43.7. The molecule has 2 aliphatic rings. The van der Waals surface area contributed by atoms with Crippen LogP contribution in [0.2, 0.25) is 10.0 Å². The lowest BCUT2D eigenvalue weighted by Crippen LogP contribution is -2.49. The number of benzene rings is 2. The van der Waals surface area contributed by atoms with E-state index < -0.39 is 23.3 Å². The number of aliphatic hydroxyl groups is 1. The van der Waals surface area contributed by atoms with Crippen molar-refractivity contribution in [2.75, 3.05) is 26.3 Å². The number of cyclic esters (lactones) is 1. The third-order valence-corrected chi connectivity index (χ3v) is 7.19. The zero-order valence-electron chi connectivity index (χ0n) is 20.4. The van der Waals surface area contributed by atoms with Crippen LogP contribution in [0.25, 0.3) is 0 Å². The van der Waals surface area contributed by atoms with Gasteiger partial charge in [0, 0.05) is 30.8 Å². The van der Waals surface area contributed by atoms with Crippen LogP contribution in [-0.2, 0) is 4.74 Å². The third kappa shape index (κ3) is 7.60. The molecule has 2 atom stereocenters. The minimum absolute atomic E-state index is 0.0112. The Hall–Kier alpha value is -2.33. The number of nitrogens with zero attached hydrogens (tertiary/aromatic N) is 1. The molecule has 2 unspecified atom stereocenters. The fraction of sp³-hybridized carbons (Fsp3) is 0.500. The molecular weight excluding hydrogens is 529 g/mol. The SMILES string of the molecule is CC(O)(CNC1CCC(N2CC(COc3ccc(Cl)c(F)c3)OC2=O)CC1)COc1ccc(Cl)c(F)c1. The zero-order valence-corrected chi connectivity index (χ0v) is 21.9. The maximum atomic E-state index is 13.6. The second kappa shape index (κ2) is 12.0. The number of hydrogen-bond acceptors (Lipinski definition) is 6. The lowest BCUT2D eigenvalue weighted by molar-refractivity contribution is 0.00849. The van der Waals surface area contributed by atoms with Crippen molar-refractivity contribution >= 4 is 29.3 Å². The van der Waals surface area contributed by atoms with Gasteiger partial charge in [0.05, 0.1) is 16.6 Å². The fourth-order valence-electron chi connectivity index (χ4n) is 4.49. The second-order valence-corrected chi connectivity index (χ2v) is 10.6. The van der Waals surface area contributed by atoms with Crippen LogP contribution in [0.15, 0.2) is 36.4 Å². The van der Waals surface area contributed by atoms with Crippen LogP contribution in [0.3, 0.4) is 0 Å². The van der Waals surface area contributed by atoms with E-state index in [2.05, 4.69) is 5.32 Å². The standard InChI is InChI=1S/C26H30Cl2F2N2O5/c1-26(34,15-36-19-7-9-22(28)24(30)11-19)14-31-16-2-4-17(5-3-16)32-12-20(37-25(32)33)13-35-18-6-8-21(27)23(29)10-18/h6-11,16-17,20,31,34H,2-5,12-15H2,1H3. The van der Waals surface area contributed by atoms with Gasteiger partial charge < -0.3 is 29.5 Å². The Labute approximate surface area is 224 Å². The summed E-state index contributed by atoms with van der Waals surface area (Å²) in [6, 6.07) is 8.57. The highest BCUT2D eigenvalue weighted by Gasteiger charge is 2.38. The summed E-state index contributed by atoms with van der Waals surface area (Å²) >= 11 is 11.4. The van der Waals surface area contributed by atoms with Crippen molar-refractivity contribution in [1.82, 2.24) is 10.2 Å². The van der Waals surface area contributed by atoms with Crippen molar-refractivity contribution in [2.45, 2.75) is 56.4 Å². The van der Waals surface area contributed by atoms with Gasteiger partial charge in [0.2, 0.25) is 0 Å². The Bertz CT molecular complexity index is 1100. The molecule has 1 aliphatic heterocycles. The molecule has 7 nitrogen and oxygen atoms in total. The van der Waals surface area contributed by atoms with Gasteiger partial charge in [-0.1, -0.05) is 23.2 Å². The van der Waals surface area contributed by atoms with Crippen molar-refractivity contribution in [3.05, 3.63) is 58.1 Å². The molecule has 1 amide bonds. The first-order valence-electron chi connectivity index (χ1n) is 12.2. The van der Waals surface area contributed by atoms with Crippen molar-refractivity contribution in [3.63, 3.8) is 0 Å². The Balaban J connectivity index is 1.17. The van der Waals surface area contributed by atoms with Crippen molar-refractivity contribution < 1.29 is 32.9 Å². The first-order chi connectivity index (χ1) is 17.6. The molecule has 37 heavy (non-hydrogen) atoms. The monoisotopic (exact) mass is 558 g/mol. The van der Waals surface area contributed by atoms with Crippen LogP contribution < -0.4 is 14.8 Å². The molecule has 1 saturated carbocycles. The molecule has 1 aliphatic carbocycles. The van der Waals surface area contributed by atoms with Crippen molar-refractivity contribution in [2.24, 2.45) is 0 Å². The van der Waals surface area contributed by atoms with Gasteiger partial charge in [-0.3, -0.25) is 0 Å². The molecule has 0 aromatic heterocycles. The summed E-state index contributed by atoms with van der Waals surface area (Å²) in [6.07, 6.45) is 2.45. The number of hydrogen-bond donors (Lipinski definition) is 2. The van der Waals surface area contributed by atoms with Crippen LogP contribution in [0, 0.1) is 11.6 Å². The highest BCUT2D eigenvalue weighted by molar-refractivity contribution is 6.31. The van der Waals surface area contributed by atoms with E-state index in [0.29, 0.717) is 24.6 Å². The van der Waals surface area contributed by atoms with Crippen LogP contribution in [0.5, 0.6) is 11.5 Å². The number of ether oxygens (including phenoxy) is 3. The maximum Gasteiger partial charge on any atom is 0.410 e. The molecule has 1 heterocycles. The summed E-state index contributed by atoms with van der Waals surface area (Å²) in [4.78, 5) is 14.2. The first kappa shape index (κ1) is 27.7. The Morgan fingerprint density at radius 1 is 1.05 bits per heavy atom. The number of rotatable bonds is 10. The molecule has 0 spiro atoms. The Morgan fingerprint density at radius 2 is 1.65 bits per heavy atom. The molecule has 202 valence electrons. The van der Waals surface area contributed by atoms with Gasteiger partial charge in [0.1, 0.15) is 41.9 Å². The van der Waals surface area contributed by atoms with Crippen LogP contribution in [0.1, 0.15) is 32.6 Å². The average molecular weight is 559 g/mol. The van der Waals surface area contributed by atoms with E-state index in [1.54, 1.807) is 24.0 Å². The van der Waals surface area contributed by atoms with Crippen LogP contribution in [0.4, 0.5) is 13.6 Å². The number of carbonyl (C=O) groups excluding carboxylic acids is 1. The minimum atomic E-state index is -1.16. The normalized spacial score (nSPS) is 23.5. The zero-order chi connectivity index (χ0) is 26.6. The molecule has 2 fully saturated rings. The van der Waals surface area contributed by atoms with Gasteiger partial charge >= 0.3 is 6.09 Å². The number of carbonyl (C=O) groups is 1. The van der Waals surface area contributed by atoms with E-state index in [4.69, 9.17) is 37.4 Å². The van der Waals surface area contributed by atoms with Gasteiger partial charge in [0.15, 0.2) is 6.10 Å². The molecule has 2 N–H and O–H groups in total. The molecule has 0 radical (unpaired) electrons. The largest absolute Gasteiger partial charge is 0.490 e. The van der Waals surface area contributed by atoms with Gasteiger partial charge in [-0.2, -0.15) is 0 Å². The predicted molar refractivity (Wildman–Crippen MR) is 135 cm³/mol. The van der Waals surface area contributed by atoms with E-state index >= 15 is 0 Å². The van der Waals surface area contributed by atoms with Crippen molar-refractivity contribution in [3.8, 4) is 11.5 Å². The Kier molecular flexibility index (Phi) is 9.00. The molecule has 2 aromatic rings. The van der Waals surface area contributed by atoms with Gasteiger partial charge in [0.25, 0.3) is 0 Å².